The first-order valence-electron chi connectivity index (χ1n) is 12.0. The number of hydrogen-bond donors (Lipinski definition) is 1. The van der Waals surface area contributed by atoms with Crippen LogP contribution in [0.15, 0.2) is 93.2 Å². The van der Waals surface area contributed by atoms with Gasteiger partial charge in [0.2, 0.25) is 17.7 Å². The van der Waals surface area contributed by atoms with Gasteiger partial charge in [-0.05, 0) is 54.1 Å². The predicted molar refractivity (Wildman–Crippen MR) is 157 cm³/mol. The number of anilines is 2. The number of imide groups is 1. The van der Waals surface area contributed by atoms with Crippen LogP contribution in [0, 0.1) is 5.92 Å². The lowest BCUT2D eigenvalue weighted by Crippen LogP contribution is -2.33. The highest BCUT2D eigenvalue weighted by Gasteiger charge is 2.56. The van der Waals surface area contributed by atoms with Gasteiger partial charge in [0.25, 0.3) is 0 Å². The summed E-state index contributed by atoms with van der Waals surface area (Å²) in [5.74, 6) is -2.29. The minimum atomic E-state index is -0.758. The molecule has 3 aromatic carbocycles. The molecule has 2 aliphatic rings. The number of benzene rings is 3. The van der Waals surface area contributed by atoms with Crippen molar-refractivity contribution in [3.05, 3.63) is 108 Å². The summed E-state index contributed by atoms with van der Waals surface area (Å²) in [5.41, 5.74) is 1.88. The number of amides is 3. The summed E-state index contributed by atoms with van der Waals surface area (Å²) in [4.78, 5) is 55.3. The molecule has 0 aliphatic carbocycles. The van der Waals surface area contributed by atoms with Crippen molar-refractivity contribution in [1.82, 2.24) is 4.57 Å². The zero-order valence-electron chi connectivity index (χ0n) is 20.0. The standard InChI is InChI=1S/C28H19BrClN3O4S2/c29-16-8-12-19(13-9-16)33-25(35)22-21(15-6-10-17(30)11-7-15)24-27(38-23(22)26(33)36)32(28(37)39-24)14-20(34)31-18-4-2-1-3-5-18/h1-13,21-23H,14H2,(H,31,34)/t21-,22+,23-/m0/s1. The van der Waals surface area contributed by atoms with Crippen molar-refractivity contribution in [3.63, 3.8) is 0 Å². The van der Waals surface area contributed by atoms with Gasteiger partial charge in [-0.15, -0.1) is 0 Å². The maximum absolute atomic E-state index is 13.9. The van der Waals surface area contributed by atoms with Gasteiger partial charge in [0.05, 0.1) is 16.6 Å². The Balaban J connectivity index is 1.42. The fraction of sp³-hybridized carbons (Fsp3) is 0.143. The van der Waals surface area contributed by atoms with Gasteiger partial charge >= 0.3 is 4.87 Å². The molecule has 3 heterocycles. The number of nitrogens with zero attached hydrogens (tertiary/aromatic N) is 2. The zero-order chi connectivity index (χ0) is 27.3. The molecule has 0 spiro atoms. The molecule has 2 aliphatic heterocycles. The monoisotopic (exact) mass is 639 g/mol. The summed E-state index contributed by atoms with van der Waals surface area (Å²) in [6.07, 6.45) is 0. The molecular formula is C28H19BrClN3O4S2. The highest BCUT2D eigenvalue weighted by Crippen LogP contribution is 2.54. The number of thioether (sulfide) groups is 1. The number of thiazole rings is 1. The third-order valence-electron chi connectivity index (χ3n) is 6.72. The Hall–Kier alpha value is -3.18. The lowest BCUT2D eigenvalue weighted by Gasteiger charge is -2.30. The number of halogens is 2. The third kappa shape index (κ3) is 4.75. The first-order valence-corrected chi connectivity index (χ1v) is 14.8. The van der Waals surface area contributed by atoms with Crippen LogP contribution in [-0.4, -0.2) is 27.5 Å². The lowest BCUT2D eigenvalue weighted by molar-refractivity contribution is -0.122. The first kappa shape index (κ1) is 26.1. The number of para-hydroxylation sites is 1. The molecule has 0 bridgehead atoms. The highest BCUT2D eigenvalue weighted by atomic mass is 79.9. The number of carbonyl (C=O) groups excluding carboxylic acids is 3. The van der Waals surface area contributed by atoms with Crippen molar-refractivity contribution in [3.8, 4) is 0 Å². The van der Waals surface area contributed by atoms with E-state index in [2.05, 4.69) is 21.2 Å². The van der Waals surface area contributed by atoms with Crippen LogP contribution in [0.1, 0.15) is 16.4 Å². The molecule has 0 radical (unpaired) electrons. The molecule has 196 valence electrons. The van der Waals surface area contributed by atoms with E-state index in [-0.39, 0.29) is 29.1 Å². The van der Waals surface area contributed by atoms with Crippen molar-refractivity contribution in [2.24, 2.45) is 5.92 Å². The molecule has 3 atom stereocenters. The largest absolute Gasteiger partial charge is 0.325 e. The molecule has 1 aromatic heterocycles. The van der Waals surface area contributed by atoms with E-state index in [0.29, 0.717) is 26.3 Å². The van der Waals surface area contributed by atoms with Gasteiger partial charge in [0.15, 0.2) is 0 Å². The van der Waals surface area contributed by atoms with Crippen molar-refractivity contribution in [2.75, 3.05) is 10.2 Å². The molecule has 6 rings (SSSR count). The van der Waals surface area contributed by atoms with Gasteiger partial charge in [-0.3, -0.25) is 23.7 Å². The quantitative estimate of drug-likeness (QED) is 0.280. The van der Waals surface area contributed by atoms with Crippen LogP contribution < -0.4 is 15.1 Å². The van der Waals surface area contributed by atoms with E-state index in [1.54, 1.807) is 60.7 Å². The minimum absolute atomic E-state index is 0.212. The maximum Gasteiger partial charge on any atom is 0.308 e. The molecule has 39 heavy (non-hydrogen) atoms. The summed E-state index contributed by atoms with van der Waals surface area (Å²) < 4.78 is 2.23. The summed E-state index contributed by atoms with van der Waals surface area (Å²) in [6, 6.07) is 23.1. The van der Waals surface area contributed by atoms with Crippen molar-refractivity contribution in [1.29, 1.82) is 0 Å². The highest BCUT2D eigenvalue weighted by molar-refractivity contribution is 9.10. The van der Waals surface area contributed by atoms with Gasteiger partial charge in [-0.2, -0.15) is 0 Å². The number of aromatic nitrogens is 1. The van der Waals surface area contributed by atoms with E-state index < -0.39 is 17.1 Å². The topological polar surface area (TPSA) is 88.5 Å². The minimum Gasteiger partial charge on any atom is -0.325 e. The SMILES string of the molecule is O=C(Cn1c2c(sc1=O)[C@@H](c1ccc(Cl)cc1)[C@H]1C(=O)N(c3ccc(Br)cc3)C(=O)[C@H]1S2)Nc1ccccc1. The average Bonchev–Trinajstić information content (AvgIpc) is 3.36. The smallest absolute Gasteiger partial charge is 0.308 e. The number of hydrogen-bond acceptors (Lipinski definition) is 6. The second-order valence-corrected chi connectivity index (χ2v) is 12.6. The van der Waals surface area contributed by atoms with Crippen LogP contribution in [0.25, 0.3) is 0 Å². The van der Waals surface area contributed by atoms with E-state index in [4.69, 9.17) is 11.6 Å². The van der Waals surface area contributed by atoms with Gasteiger partial charge in [-0.25, -0.2) is 4.90 Å². The van der Waals surface area contributed by atoms with Crippen LogP contribution in [0.2, 0.25) is 5.02 Å². The Bertz CT molecular complexity index is 1660. The van der Waals surface area contributed by atoms with Gasteiger partial charge in [0.1, 0.15) is 11.8 Å². The molecule has 1 saturated heterocycles. The summed E-state index contributed by atoms with van der Waals surface area (Å²) in [5, 5.41) is 3.12. The third-order valence-corrected chi connectivity index (χ3v) is 10.1. The van der Waals surface area contributed by atoms with Crippen LogP contribution in [0.4, 0.5) is 11.4 Å². The fourth-order valence-electron chi connectivity index (χ4n) is 4.99. The molecule has 0 saturated carbocycles. The lowest BCUT2D eigenvalue weighted by atomic mass is 9.83. The second-order valence-electron chi connectivity index (χ2n) is 9.12. The Labute approximate surface area is 244 Å². The molecule has 7 nitrogen and oxygen atoms in total. The van der Waals surface area contributed by atoms with E-state index in [1.807, 2.05) is 18.2 Å². The van der Waals surface area contributed by atoms with Crippen molar-refractivity contribution in [2.45, 2.75) is 22.7 Å². The maximum atomic E-state index is 13.9. The number of rotatable bonds is 5. The fourth-order valence-corrected chi connectivity index (χ4v) is 8.16. The molecule has 4 aromatic rings. The van der Waals surface area contributed by atoms with E-state index in [1.165, 1.54) is 21.2 Å². The Kier molecular flexibility index (Phi) is 6.96. The van der Waals surface area contributed by atoms with E-state index >= 15 is 0 Å². The van der Waals surface area contributed by atoms with Gasteiger partial charge in [0, 0.05) is 26.0 Å². The van der Waals surface area contributed by atoms with Crippen LogP contribution in [-0.2, 0) is 20.9 Å². The predicted octanol–water partition coefficient (Wildman–Crippen LogP) is 5.76. The van der Waals surface area contributed by atoms with Gasteiger partial charge in [-0.1, -0.05) is 81.0 Å². The Morgan fingerprint density at radius 3 is 2.31 bits per heavy atom. The molecular weight excluding hydrogens is 622 g/mol. The van der Waals surface area contributed by atoms with Crippen LogP contribution in [0.3, 0.4) is 0 Å². The molecule has 11 heteroatoms. The van der Waals surface area contributed by atoms with Crippen LogP contribution in [0.5, 0.6) is 0 Å². The van der Waals surface area contributed by atoms with Crippen LogP contribution >= 0.6 is 50.6 Å². The van der Waals surface area contributed by atoms with Gasteiger partial charge < -0.3 is 5.32 Å². The number of fused-ring (bicyclic) bond motifs is 2. The van der Waals surface area contributed by atoms with Crippen molar-refractivity contribution >= 4 is 79.7 Å². The Morgan fingerprint density at radius 2 is 1.62 bits per heavy atom. The molecule has 3 amide bonds. The summed E-state index contributed by atoms with van der Waals surface area (Å²) >= 11 is 11.7. The Morgan fingerprint density at radius 1 is 0.923 bits per heavy atom. The number of carbonyl (C=O) groups is 3. The summed E-state index contributed by atoms with van der Waals surface area (Å²) in [7, 11) is 0. The zero-order valence-corrected chi connectivity index (χ0v) is 24.0. The average molecular weight is 641 g/mol. The summed E-state index contributed by atoms with van der Waals surface area (Å²) in [6.45, 7) is -0.212. The van der Waals surface area contributed by atoms with E-state index in [9.17, 15) is 19.2 Å². The second kappa shape index (κ2) is 10.4. The molecule has 0 unspecified atom stereocenters. The molecule has 1 fully saturated rings. The van der Waals surface area contributed by atoms with E-state index in [0.717, 1.165) is 21.4 Å². The normalized spacial score (nSPS) is 20.1. The van der Waals surface area contributed by atoms with Crippen molar-refractivity contribution < 1.29 is 14.4 Å². The first-order chi connectivity index (χ1) is 18.8. The number of nitrogens with one attached hydrogen (secondary N) is 1. The molecule has 1 N–H and O–H groups in total.